The SMILES string of the molecule is CC(C)(C)OC(=O)NCCCNC1CCC2CCCCC2C1. The Morgan fingerprint density at radius 2 is 1.77 bits per heavy atom. The average molecular weight is 310 g/mol. The van der Waals surface area contributed by atoms with E-state index in [2.05, 4.69) is 10.6 Å². The molecular formula is C18H34N2O2. The third-order valence-electron chi connectivity index (χ3n) is 4.99. The van der Waals surface area contributed by atoms with E-state index in [1.165, 1.54) is 44.9 Å². The van der Waals surface area contributed by atoms with Crippen LogP contribution in [0, 0.1) is 11.8 Å². The Labute approximate surface area is 135 Å². The molecule has 2 N–H and O–H groups in total. The molecule has 0 saturated heterocycles. The van der Waals surface area contributed by atoms with Crippen molar-refractivity contribution in [2.75, 3.05) is 13.1 Å². The van der Waals surface area contributed by atoms with Crippen LogP contribution in [0.3, 0.4) is 0 Å². The zero-order chi connectivity index (χ0) is 16.0. The molecule has 1 amide bonds. The molecule has 128 valence electrons. The third-order valence-corrected chi connectivity index (χ3v) is 4.99. The maximum Gasteiger partial charge on any atom is 0.407 e. The zero-order valence-corrected chi connectivity index (χ0v) is 14.6. The minimum atomic E-state index is -0.416. The molecule has 3 unspecified atom stereocenters. The molecule has 4 nitrogen and oxygen atoms in total. The normalized spacial score (nSPS) is 28.8. The summed E-state index contributed by atoms with van der Waals surface area (Å²) in [4.78, 5) is 11.5. The monoisotopic (exact) mass is 310 g/mol. The summed E-state index contributed by atoms with van der Waals surface area (Å²) in [6, 6.07) is 0.695. The lowest BCUT2D eigenvalue weighted by atomic mass is 9.69. The van der Waals surface area contributed by atoms with Gasteiger partial charge in [0.15, 0.2) is 0 Å². The van der Waals surface area contributed by atoms with Gasteiger partial charge in [-0.3, -0.25) is 0 Å². The van der Waals surface area contributed by atoms with Crippen molar-refractivity contribution in [2.45, 2.75) is 83.8 Å². The van der Waals surface area contributed by atoms with Crippen LogP contribution < -0.4 is 10.6 Å². The molecule has 0 bridgehead atoms. The largest absolute Gasteiger partial charge is 0.444 e. The van der Waals surface area contributed by atoms with Crippen molar-refractivity contribution in [1.29, 1.82) is 0 Å². The number of fused-ring (bicyclic) bond motifs is 1. The lowest BCUT2D eigenvalue weighted by Gasteiger charge is -2.39. The fraction of sp³-hybridized carbons (Fsp3) is 0.944. The molecule has 0 aromatic rings. The first kappa shape index (κ1) is 17.6. The Morgan fingerprint density at radius 1 is 1.05 bits per heavy atom. The topological polar surface area (TPSA) is 50.4 Å². The van der Waals surface area contributed by atoms with Gasteiger partial charge in [-0.1, -0.05) is 25.7 Å². The van der Waals surface area contributed by atoms with Crippen molar-refractivity contribution in [3.63, 3.8) is 0 Å². The lowest BCUT2D eigenvalue weighted by molar-refractivity contribution is 0.0527. The van der Waals surface area contributed by atoms with Gasteiger partial charge in [-0.15, -0.1) is 0 Å². The van der Waals surface area contributed by atoms with Crippen LogP contribution >= 0.6 is 0 Å². The van der Waals surface area contributed by atoms with E-state index >= 15 is 0 Å². The molecule has 0 heterocycles. The standard InChI is InChI=1S/C18H34N2O2/c1-18(2,3)22-17(21)20-12-6-11-19-16-10-9-14-7-4-5-8-15(14)13-16/h14-16,19H,4-13H2,1-3H3,(H,20,21). The summed E-state index contributed by atoms with van der Waals surface area (Å²) in [7, 11) is 0. The molecule has 0 aromatic carbocycles. The second kappa shape index (κ2) is 8.19. The van der Waals surface area contributed by atoms with Crippen LogP contribution in [0.5, 0.6) is 0 Å². The van der Waals surface area contributed by atoms with Crippen LogP contribution in [0.1, 0.15) is 72.1 Å². The predicted octanol–water partition coefficient (Wildman–Crippen LogP) is 3.85. The molecular weight excluding hydrogens is 276 g/mol. The molecule has 2 fully saturated rings. The first-order chi connectivity index (χ1) is 10.4. The highest BCUT2D eigenvalue weighted by atomic mass is 16.6. The van der Waals surface area contributed by atoms with Gasteiger partial charge in [-0.25, -0.2) is 4.79 Å². The molecule has 2 saturated carbocycles. The fourth-order valence-electron chi connectivity index (χ4n) is 3.96. The van der Waals surface area contributed by atoms with E-state index in [0.717, 1.165) is 24.8 Å². The first-order valence-corrected chi connectivity index (χ1v) is 9.14. The quantitative estimate of drug-likeness (QED) is 0.758. The van der Waals surface area contributed by atoms with Crippen molar-refractivity contribution >= 4 is 6.09 Å². The lowest BCUT2D eigenvalue weighted by Crippen LogP contribution is -2.40. The maximum absolute atomic E-state index is 11.5. The number of amides is 1. The number of alkyl carbamates (subject to hydrolysis) is 1. The van der Waals surface area contributed by atoms with E-state index < -0.39 is 5.60 Å². The maximum atomic E-state index is 11.5. The Bertz CT molecular complexity index is 351. The molecule has 3 atom stereocenters. The molecule has 0 aliphatic heterocycles. The second-order valence-electron chi connectivity index (χ2n) is 8.05. The molecule has 0 spiro atoms. The predicted molar refractivity (Wildman–Crippen MR) is 89.9 cm³/mol. The summed E-state index contributed by atoms with van der Waals surface area (Å²) in [6.07, 6.45) is 10.6. The van der Waals surface area contributed by atoms with E-state index in [-0.39, 0.29) is 6.09 Å². The van der Waals surface area contributed by atoms with Crippen molar-refractivity contribution in [1.82, 2.24) is 10.6 Å². The number of rotatable bonds is 5. The van der Waals surface area contributed by atoms with E-state index in [9.17, 15) is 4.79 Å². The van der Waals surface area contributed by atoms with Gasteiger partial charge in [-0.05, 0) is 64.8 Å². The zero-order valence-electron chi connectivity index (χ0n) is 14.6. The van der Waals surface area contributed by atoms with E-state index in [1.54, 1.807) is 0 Å². The highest BCUT2D eigenvalue weighted by Gasteiger charge is 2.31. The van der Waals surface area contributed by atoms with Gasteiger partial charge in [0.1, 0.15) is 5.60 Å². The molecule has 2 aliphatic carbocycles. The van der Waals surface area contributed by atoms with Crippen LogP contribution in [0.25, 0.3) is 0 Å². The Kier molecular flexibility index (Phi) is 6.54. The van der Waals surface area contributed by atoms with E-state index in [1.807, 2.05) is 20.8 Å². The summed E-state index contributed by atoms with van der Waals surface area (Å²) >= 11 is 0. The Balaban J connectivity index is 1.53. The van der Waals surface area contributed by atoms with E-state index in [4.69, 9.17) is 4.74 Å². The van der Waals surface area contributed by atoms with Crippen LogP contribution in [0.2, 0.25) is 0 Å². The summed E-state index contributed by atoms with van der Waals surface area (Å²) in [5, 5.41) is 6.51. The number of nitrogens with one attached hydrogen (secondary N) is 2. The highest BCUT2D eigenvalue weighted by Crippen LogP contribution is 2.40. The smallest absolute Gasteiger partial charge is 0.407 e. The molecule has 4 heteroatoms. The molecule has 0 radical (unpaired) electrons. The second-order valence-corrected chi connectivity index (χ2v) is 8.05. The number of hydrogen-bond donors (Lipinski definition) is 2. The number of hydrogen-bond acceptors (Lipinski definition) is 3. The van der Waals surface area contributed by atoms with E-state index in [0.29, 0.717) is 12.6 Å². The van der Waals surface area contributed by atoms with Crippen LogP contribution in [-0.4, -0.2) is 30.8 Å². The van der Waals surface area contributed by atoms with Crippen LogP contribution in [-0.2, 0) is 4.74 Å². The Hall–Kier alpha value is -0.770. The third kappa shape index (κ3) is 6.15. The summed E-state index contributed by atoms with van der Waals surface area (Å²) in [5.74, 6) is 1.99. The van der Waals surface area contributed by atoms with Gasteiger partial charge < -0.3 is 15.4 Å². The van der Waals surface area contributed by atoms with Gasteiger partial charge >= 0.3 is 6.09 Å². The Morgan fingerprint density at radius 3 is 2.50 bits per heavy atom. The number of carbonyl (C=O) groups excluding carboxylic acids is 1. The minimum absolute atomic E-state index is 0.310. The molecule has 0 aromatic heterocycles. The molecule has 2 aliphatic rings. The van der Waals surface area contributed by atoms with Gasteiger partial charge in [0.05, 0.1) is 0 Å². The number of ether oxygens (including phenoxy) is 1. The molecule has 2 rings (SSSR count). The number of carbonyl (C=O) groups is 1. The van der Waals surface area contributed by atoms with Crippen molar-refractivity contribution in [2.24, 2.45) is 11.8 Å². The average Bonchev–Trinajstić information content (AvgIpc) is 2.45. The summed E-state index contributed by atoms with van der Waals surface area (Å²) in [6.45, 7) is 7.32. The van der Waals surface area contributed by atoms with Gasteiger partial charge in [0.25, 0.3) is 0 Å². The summed E-state index contributed by atoms with van der Waals surface area (Å²) < 4.78 is 5.22. The van der Waals surface area contributed by atoms with Crippen molar-refractivity contribution in [3.05, 3.63) is 0 Å². The van der Waals surface area contributed by atoms with Crippen molar-refractivity contribution in [3.8, 4) is 0 Å². The molecule has 22 heavy (non-hydrogen) atoms. The van der Waals surface area contributed by atoms with Crippen LogP contribution in [0.15, 0.2) is 0 Å². The fourth-order valence-corrected chi connectivity index (χ4v) is 3.96. The van der Waals surface area contributed by atoms with Gasteiger partial charge in [0, 0.05) is 12.6 Å². The van der Waals surface area contributed by atoms with Gasteiger partial charge in [-0.2, -0.15) is 0 Å². The minimum Gasteiger partial charge on any atom is -0.444 e. The van der Waals surface area contributed by atoms with Crippen molar-refractivity contribution < 1.29 is 9.53 Å². The highest BCUT2D eigenvalue weighted by molar-refractivity contribution is 5.67. The summed E-state index contributed by atoms with van der Waals surface area (Å²) in [5.41, 5.74) is -0.416. The van der Waals surface area contributed by atoms with Gasteiger partial charge in [0.2, 0.25) is 0 Å². The first-order valence-electron chi connectivity index (χ1n) is 9.14. The van der Waals surface area contributed by atoms with Crippen LogP contribution in [0.4, 0.5) is 4.79 Å².